The van der Waals surface area contributed by atoms with Crippen molar-refractivity contribution >= 4 is 29.6 Å². The molecule has 12 nitrogen and oxygen atoms in total. The first-order valence-electron chi connectivity index (χ1n) is 9.84. The second-order valence-electron chi connectivity index (χ2n) is 6.93. The van der Waals surface area contributed by atoms with Crippen molar-refractivity contribution in [2.24, 2.45) is 0 Å². The number of nitrogens with zero attached hydrogens (tertiary/aromatic N) is 5. The van der Waals surface area contributed by atoms with Crippen LogP contribution < -0.4 is 16.0 Å². The zero-order chi connectivity index (χ0) is 24.1. The molecule has 4 rings (SSSR count). The van der Waals surface area contributed by atoms with E-state index in [1.54, 1.807) is 12.1 Å². The average molecular weight is 464 g/mol. The van der Waals surface area contributed by atoms with Crippen LogP contribution in [0.25, 0.3) is 5.65 Å². The summed E-state index contributed by atoms with van der Waals surface area (Å²) in [5, 5.41) is 21.1. The van der Waals surface area contributed by atoms with Gasteiger partial charge in [0.2, 0.25) is 6.41 Å². The third kappa shape index (κ3) is 4.77. The number of fused-ring (bicyclic) bond motifs is 1. The fourth-order valence-electron chi connectivity index (χ4n) is 3.04. The first kappa shape index (κ1) is 22.3. The lowest BCUT2D eigenvalue weighted by molar-refractivity contribution is -0.105. The number of carbonyl (C=O) groups excluding carboxylic acids is 3. The van der Waals surface area contributed by atoms with Gasteiger partial charge in [0.15, 0.2) is 11.5 Å². The Morgan fingerprint density at radius 2 is 1.94 bits per heavy atom. The van der Waals surface area contributed by atoms with E-state index in [1.807, 2.05) is 0 Å². The summed E-state index contributed by atoms with van der Waals surface area (Å²) in [5.74, 6) is -2.23. The molecule has 4 N–H and O–H groups in total. The van der Waals surface area contributed by atoms with Gasteiger partial charge in [0, 0.05) is 18.8 Å². The van der Waals surface area contributed by atoms with E-state index in [2.05, 4.69) is 36.0 Å². The number of rotatable bonds is 8. The molecule has 13 heteroatoms. The summed E-state index contributed by atoms with van der Waals surface area (Å²) in [6, 6.07) is 7.20. The van der Waals surface area contributed by atoms with Crippen molar-refractivity contribution < 1.29 is 23.9 Å². The molecule has 0 fully saturated rings. The molecular weight excluding hydrogens is 447 g/mol. The Kier molecular flexibility index (Phi) is 6.34. The van der Waals surface area contributed by atoms with Crippen LogP contribution in [0.15, 0.2) is 49.1 Å². The topological polar surface area (TPSA) is 163 Å². The highest BCUT2D eigenvalue weighted by Crippen LogP contribution is 2.23. The fraction of sp³-hybridized carbons (Fsp3) is 0.0952. The van der Waals surface area contributed by atoms with E-state index in [4.69, 9.17) is 0 Å². The van der Waals surface area contributed by atoms with Crippen molar-refractivity contribution in [3.05, 3.63) is 77.5 Å². The molecule has 4 aromatic rings. The van der Waals surface area contributed by atoms with Gasteiger partial charge in [0.05, 0.1) is 24.1 Å². The van der Waals surface area contributed by atoms with E-state index in [0.717, 1.165) is 10.7 Å². The summed E-state index contributed by atoms with van der Waals surface area (Å²) in [7, 11) is 0. The normalized spacial score (nSPS) is 10.6. The molecule has 0 radical (unpaired) electrons. The molecule has 0 atom stereocenters. The van der Waals surface area contributed by atoms with Crippen LogP contribution >= 0.6 is 0 Å². The van der Waals surface area contributed by atoms with Crippen molar-refractivity contribution in [3.63, 3.8) is 0 Å². The summed E-state index contributed by atoms with van der Waals surface area (Å²) in [5.41, 5.74) is 0.692. The molecule has 1 aromatic carbocycles. The van der Waals surface area contributed by atoms with E-state index in [1.165, 1.54) is 30.7 Å². The number of aromatic nitrogens is 5. The van der Waals surface area contributed by atoms with Gasteiger partial charge in [-0.25, -0.2) is 23.9 Å². The smallest absolute Gasteiger partial charge is 0.270 e. The van der Waals surface area contributed by atoms with Crippen LogP contribution in [0.1, 0.15) is 32.2 Å². The largest absolute Gasteiger partial charge is 0.506 e. The van der Waals surface area contributed by atoms with Gasteiger partial charge in [-0.15, -0.1) is 0 Å². The molecule has 0 unspecified atom stereocenters. The number of hydrogen-bond donors (Lipinski definition) is 4. The molecule has 0 aliphatic heterocycles. The van der Waals surface area contributed by atoms with Gasteiger partial charge in [0.25, 0.3) is 11.8 Å². The quantitative estimate of drug-likeness (QED) is 0.220. The van der Waals surface area contributed by atoms with E-state index in [-0.39, 0.29) is 41.6 Å². The Bertz CT molecular complexity index is 1380. The van der Waals surface area contributed by atoms with Crippen LogP contribution in [-0.2, 0) is 17.9 Å². The maximum atomic E-state index is 14.2. The molecule has 0 bridgehead atoms. The van der Waals surface area contributed by atoms with Gasteiger partial charge in [0.1, 0.15) is 23.5 Å². The Morgan fingerprint density at radius 3 is 2.71 bits per heavy atom. The van der Waals surface area contributed by atoms with Crippen molar-refractivity contribution in [2.75, 3.05) is 5.32 Å². The third-order valence-corrected chi connectivity index (χ3v) is 4.70. The van der Waals surface area contributed by atoms with Gasteiger partial charge >= 0.3 is 0 Å². The fourth-order valence-corrected chi connectivity index (χ4v) is 3.04. The van der Waals surface area contributed by atoms with E-state index >= 15 is 0 Å². The minimum absolute atomic E-state index is 0.0104. The summed E-state index contributed by atoms with van der Waals surface area (Å²) >= 11 is 0. The molecule has 0 saturated heterocycles. The van der Waals surface area contributed by atoms with Gasteiger partial charge in [-0.2, -0.15) is 5.10 Å². The highest BCUT2D eigenvalue weighted by atomic mass is 19.1. The Hall–Kier alpha value is -4.94. The predicted molar refractivity (Wildman–Crippen MR) is 115 cm³/mol. The van der Waals surface area contributed by atoms with E-state index in [9.17, 15) is 23.9 Å². The highest BCUT2D eigenvalue weighted by molar-refractivity contribution is 5.98. The monoisotopic (exact) mass is 464 g/mol. The van der Waals surface area contributed by atoms with Crippen molar-refractivity contribution in [1.82, 2.24) is 35.2 Å². The van der Waals surface area contributed by atoms with Gasteiger partial charge in [-0.3, -0.25) is 14.4 Å². The highest BCUT2D eigenvalue weighted by Gasteiger charge is 2.20. The minimum atomic E-state index is -0.803. The van der Waals surface area contributed by atoms with Crippen LogP contribution in [0.3, 0.4) is 0 Å². The molecular formula is C21H17FN8O4. The Morgan fingerprint density at radius 1 is 1.12 bits per heavy atom. The van der Waals surface area contributed by atoms with Crippen molar-refractivity contribution in [1.29, 1.82) is 0 Å². The molecule has 3 amide bonds. The number of nitrogens with one attached hydrogen (secondary N) is 3. The van der Waals surface area contributed by atoms with Crippen LogP contribution in [0.2, 0.25) is 0 Å². The number of phenols is 1. The lowest BCUT2D eigenvalue weighted by Crippen LogP contribution is -2.28. The molecule has 3 heterocycles. The first-order valence-corrected chi connectivity index (χ1v) is 9.84. The molecule has 3 aromatic heterocycles. The lowest BCUT2D eigenvalue weighted by Gasteiger charge is -2.10. The first-order chi connectivity index (χ1) is 16.5. The zero-order valence-electron chi connectivity index (χ0n) is 17.4. The summed E-state index contributed by atoms with van der Waals surface area (Å²) in [4.78, 5) is 47.9. The van der Waals surface area contributed by atoms with Gasteiger partial charge in [-0.05, 0) is 23.8 Å². The van der Waals surface area contributed by atoms with E-state index < -0.39 is 17.6 Å². The van der Waals surface area contributed by atoms with Crippen LogP contribution in [0.4, 0.5) is 10.1 Å². The Balaban J connectivity index is 1.54. The molecule has 0 saturated carbocycles. The van der Waals surface area contributed by atoms with Crippen molar-refractivity contribution in [3.8, 4) is 5.75 Å². The number of aromatic hydroxyl groups is 1. The number of anilines is 1. The molecule has 172 valence electrons. The van der Waals surface area contributed by atoms with Crippen molar-refractivity contribution in [2.45, 2.75) is 13.1 Å². The van der Waals surface area contributed by atoms with Crippen LogP contribution in [0, 0.1) is 5.82 Å². The van der Waals surface area contributed by atoms with Crippen LogP contribution in [0.5, 0.6) is 5.75 Å². The number of hydrogen-bond acceptors (Lipinski definition) is 8. The SMILES string of the molecule is O=CNc1cc(CNC(=O)c2cc(C(=O)NCc3ccncn3)n3ncc(F)c3n2)ccc1O. The number of amides is 3. The molecule has 0 aliphatic carbocycles. The predicted octanol–water partition coefficient (Wildman–Crippen LogP) is 0.792. The number of phenolic OH excluding ortho intramolecular Hbond substituents is 1. The standard InChI is InChI=1S/C21H17FN8O4/c22-14-9-28-30-17(21(34)25-8-13-3-4-23-10-26-13)6-16(29-19(14)30)20(33)24-7-12-1-2-18(32)15(5-12)27-11-31/h1-6,9-11,32H,7-8H2,(H,24,33)(H,25,34)(H,27,31). The maximum Gasteiger partial charge on any atom is 0.270 e. The minimum Gasteiger partial charge on any atom is -0.506 e. The van der Waals surface area contributed by atoms with Gasteiger partial charge in [-0.1, -0.05) is 6.07 Å². The second kappa shape index (κ2) is 9.68. The third-order valence-electron chi connectivity index (χ3n) is 4.70. The number of halogens is 1. The molecule has 0 aliphatic rings. The Labute approximate surface area is 190 Å². The van der Waals surface area contributed by atoms with Crippen LogP contribution in [-0.4, -0.2) is 47.9 Å². The lowest BCUT2D eigenvalue weighted by atomic mass is 10.2. The summed E-state index contributed by atoms with van der Waals surface area (Å²) in [6.07, 6.45) is 4.16. The maximum absolute atomic E-state index is 14.2. The number of carbonyl (C=O) groups is 3. The second-order valence-corrected chi connectivity index (χ2v) is 6.93. The average Bonchev–Trinajstić information content (AvgIpc) is 3.23. The summed E-state index contributed by atoms with van der Waals surface area (Å²) < 4.78 is 15.2. The summed E-state index contributed by atoms with van der Waals surface area (Å²) in [6.45, 7) is 0.0883. The molecule has 34 heavy (non-hydrogen) atoms. The number of benzene rings is 1. The van der Waals surface area contributed by atoms with E-state index in [0.29, 0.717) is 17.7 Å². The molecule has 0 spiro atoms. The van der Waals surface area contributed by atoms with Gasteiger partial charge < -0.3 is 21.1 Å². The zero-order valence-corrected chi connectivity index (χ0v) is 17.4.